The van der Waals surface area contributed by atoms with Crippen molar-refractivity contribution < 1.29 is 9.59 Å². The monoisotopic (exact) mass is 422 g/mol. The zero-order valence-corrected chi connectivity index (χ0v) is 17.6. The van der Waals surface area contributed by atoms with Gasteiger partial charge in [0.05, 0.1) is 5.75 Å². The molecule has 30 heavy (non-hydrogen) atoms. The number of amides is 2. The zero-order valence-electron chi connectivity index (χ0n) is 16.8. The van der Waals surface area contributed by atoms with E-state index in [4.69, 9.17) is 0 Å². The van der Waals surface area contributed by atoms with Crippen LogP contribution < -0.4 is 10.6 Å². The number of carbonyl (C=O) groups is 2. The smallest absolute Gasteiger partial charge is 0.272 e. The lowest BCUT2D eigenvalue weighted by Gasteiger charge is -2.09. The van der Waals surface area contributed by atoms with Gasteiger partial charge < -0.3 is 10.6 Å². The van der Waals surface area contributed by atoms with E-state index in [1.54, 1.807) is 18.3 Å². The SMILES string of the molecule is Cc1ccc(C)c(NC(=O)CSc2cc(-n3ccc(C(=O)NC4CC4)n3)ncn2)c1. The number of aryl methyl sites for hydroxylation is 2. The third-order valence-corrected chi connectivity index (χ3v) is 5.54. The highest BCUT2D eigenvalue weighted by Crippen LogP contribution is 2.21. The molecule has 0 radical (unpaired) electrons. The van der Waals surface area contributed by atoms with Gasteiger partial charge in [-0.1, -0.05) is 23.9 Å². The maximum Gasteiger partial charge on any atom is 0.272 e. The molecule has 0 unspecified atom stereocenters. The molecule has 0 aliphatic heterocycles. The summed E-state index contributed by atoms with van der Waals surface area (Å²) < 4.78 is 1.53. The summed E-state index contributed by atoms with van der Waals surface area (Å²) in [6, 6.07) is 9.63. The normalized spacial score (nSPS) is 13.1. The molecule has 2 amide bonds. The maximum atomic E-state index is 12.3. The minimum absolute atomic E-state index is 0.105. The van der Waals surface area contributed by atoms with Gasteiger partial charge in [0.15, 0.2) is 11.5 Å². The fraction of sp³-hybridized carbons (Fsp3) is 0.286. The molecule has 4 rings (SSSR count). The Balaban J connectivity index is 1.37. The van der Waals surface area contributed by atoms with Crippen LogP contribution in [0.15, 0.2) is 47.9 Å². The van der Waals surface area contributed by atoms with Crippen LogP contribution in [-0.4, -0.2) is 43.4 Å². The Morgan fingerprint density at radius 3 is 2.80 bits per heavy atom. The Morgan fingerprint density at radius 1 is 1.17 bits per heavy atom. The highest BCUT2D eigenvalue weighted by Gasteiger charge is 2.24. The average Bonchev–Trinajstić information content (AvgIpc) is 3.40. The predicted molar refractivity (Wildman–Crippen MR) is 115 cm³/mol. The summed E-state index contributed by atoms with van der Waals surface area (Å²) in [5.74, 6) is 0.473. The predicted octanol–water partition coefficient (Wildman–Crippen LogP) is 2.90. The molecule has 8 nitrogen and oxygen atoms in total. The second kappa shape index (κ2) is 8.66. The lowest BCUT2D eigenvalue weighted by molar-refractivity contribution is -0.113. The molecule has 0 saturated heterocycles. The first-order valence-corrected chi connectivity index (χ1v) is 10.7. The standard InChI is InChI=1S/C21H22N6O2S/c1-13-3-4-14(2)17(9-13)25-19(28)11-30-20-10-18(22-12-23-20)27-8-7-16(26-27)21(29)24-15-5-6-15/h3-4,7-10,12,15H,5-6,11H2,1-2H3,(H,24,29)(H,25,28). The minimum Gasteiger partial charge on any atom is -0.348 e. The molecular weight excluding hydrogens is 400 g/mol. The highest BCUT2D eigenvalue weighted by atomic mass is 32.2. The van der Waals surface area contributed by atoms with Gasteiger partial charge in [0.2, 0.25) is 5.91 Å². The topological polar surface area (TPSA) is 102 Å². The van der Waals surface area contributed by atoms with Gasteiger partial charge in [-0.05, 0) is 49.9 Å². The van der Waals surface area contributed by atoms with Gasteiger partial charge in [-0.2, -0.15) is 5.10 Å². The number of hydrogen-bond donors (Lipinski definition) is 2. The van der Waals surface area contributed by atoms with E-state index in [1.807, 2.05) is 32.0 Å². The number of nitrogens with one attached hydrogen (secondary N) is 2. The number of benzene rings is 1. The number of anilines is 1. The van der Waals surface area contributed by atoms with Crippen molar-refractivity contribution >= 4 is 29.3 Å². The largest absolute Gasteiger partial charge is 0.348 e. The van der Waals surface area contributed by atoms with Gasteiger partial charge in [-0.3, -0.25) is 9.59 Å². The van der Waals surface area contributed by atoms with E-state index >= 15 is 0 Å². The van der Waals surface area contributed by atoms with Crippen molar-refractivity contribution in [1.82, 2.24) is 25.1 Å². The van der Waals surface area contributed by atoms with E-state index in [0.717, 1.165) is 29.7 Å². The first-order valence-electron chi connectivity index (χ1n) is 9.67. The van der Waals surface area contributed by atoms with Crippen molar-refractivity contribution in [2.24, 2.45) is 0 Å². The van der Waals surface area contributed by atoms with E-state index in [9.17, 15) is 9.59 Å². The lowest BCUT2D eigenvalue weighted by Crippen LogP contribution is -2.25. The van der Waals surface area contributed by atoms with E-state index in [-0.39, 0.29) is 23.6 Å². The van der Waals surface area contributed by atoms with Gasteiger partial charge in [0.25, 0.3) is 5.91 Å². The molecule has 1 fully saturated rings. The van der Waals surface area contributed by atoms with E-state index in [2.05, 4.69) is 25.7 Å². The molecule has 2 aromatic heterocycles. The molecule has 0 bridgehead atoms. The van der Waals surface area contributed by atoms with Crippen LogP contribution in [0.1, 0.15) is 34.5 Å². The molecular formula is C21H22N6O2S. The summed E-state index contributed by atoms with van der Waals surface area (Å²) in [5.41, 5.74) is 3.28. The molecule has 9 heteroatoms. The molecule has 1 saturated carbocycles. The third-order valence-electron chi connectivity index (χ3n) is 4.61. The van der Waals surface area contributed by atoms with Crippen molar-refractivity contribution in [3.63, 3.8) is 0 Å². The van der Waals surface area contributed by atoms with Gasteiger partial charge >= 0.3 is 0 Å². The van der Waals surface area contributed by atoms with Crippen LogP contribution in [0.3, 0.4) is 0 Å². The number of aromatic nitrogens is 4. The van der Waals surface area contributed by atoms with Crippen LogP contribution in [0, 0.1) is 13.8 Å². The molecule has 1 aromatic carbocycles. The quantitative estimate of drug-likeness (QED) is 0.448. The van der Waals surface area contributed by atoms with Crippen molar-refractivity contribution in [3.8, 4) is 5.82 Å². The Morgan fingerprint density at radius 2 is 2.00 bits per heavy atom. The minimum atomic E-state index is -0.178. The Kier molecular flexibility index (Phi) is 5.80. The van der Waals surface area contributed by atoms with Crippen molar-refractivity contribution in [3.05, 3.63) is 59.7 Å². The highest BCUT2D eigenvalue weighted by molar-refractivity contribution is 7.99. The average molecular weight is 423 g/mol. The van der Waals surface area contributed by atoms with E-state index in [1.165, 1.54) is 22.8 Å². The molecule has 0 spiro atoms. The van der Waals surface area contributed by atoms with E-state index in [0.29, 0.717) is 16.5 Å². The Bertz CT molecular complexity index is 1090. The van der Waals surface area contributed by atoms with Gasteiger partial charge in [0, 0.05) is 24.0 Å². The summed E-state index contributed by atoms with van der Waals surface area (Å²) >= 11 is 1.31. The van der Waals surface area contributed by atoms with Crippen LogP contribution in [0.5, 0.6) is 0 Å². The maximum absolute atomic E-state index is 12.3. The molecule has 1 aliphatic carbocycles. The fourth-order valence-corrected chi connectivity index (χ4v) is 3.45. The van der Waals surface area contributed by atoms with Crippen molar-refractivity contribution in [2.45, 2.75) is 37.8 Å². The first-order chi connectivity index (χ1) is 14.5. The van der Waals surface area contributed by atoms with Crippen LogP contribution >= 0.6 is 11.8 Å². The second-order valence-corrected chi connectivity index (χ2v) is 8.26. The fourth-order valence-electron chi connectivity index (χ4n) is 2.79. The summed E-state index contributed by atoms with van der Waals surface area (Å²) in [6.45, 7) is 3.95. The molecule has 2 heterocycles. The second-order valence-electron chi connectivity index (χ2n) is 7.26. The summed E-state index contributed by atoms with van der Waals surface area (Å²) in [5, 5.41) is 10.8. The van der Waals surface area contributed by atoms with E-state index < -0.39 is 0 Å². The molecule has 3 aromatic rings. The molecule has 0 atom stereocenters. The number of rotatable bonds is 7. The van der Waals surface area contributed by atoms with Crippen LogP contribution in [-0.2, 0) is 4.79 Å². The summed E-state index contributed by atoms with van der Waals surface area (Å²) in [4.78, 5) is 32.9. The van der Waals surface area contributed by atoms with Crippen LogP contribution in [0.2, 0.25) is 0 Å². The van der Waals surface area contributed by atoms with Crippen molar-refractivity contribution in [2.75, 3.05) is 11.1 Å². The Labute approximate surface area is 178 Å². The summed E-state index contributed by atoms with van der Waals surface area (Å²) in [6.07, 6.45) is 5.16. The summed E-state index contributed by atoms with van der Waals surface area (Å²) in [7, 11) is 0. The first kappa shape index (κ1) is 20.1. The lowest BCUT2D eigenvalue weighted by atomic mass is 10.1. The third kappa shape index (κ3) is 5.04. The number of hydrogen-bond acceptors (Lipinski definition) is 6. The number of thioether (sulfide) groups is 1. The van der Waals surface area contributed by atoms with Crippen LogP contribution in [0.25, 0.3) is 5.82 Å². The molecule has 154 valence electrons. The number of nitrogens with zero attached hydrogens (tertiary/aromatic N) is 4. The van der Waals surface area contributed by atoms with Crippen molar-refractivity contribution in [1.29, 1.82) is 0 Å². The number of carbonyl (C=O) groups excluding carboxylic acids is 2. The van der Waals surface area contributed by atoms with Gasteiger partial charge in [0.1, 0.15) is 11.4 Å². The Hall–Kier alpha value is -3.20. The zero-order chi connectivity index (χ0) is 21.1. The van der Waals surface area contributed by atoms with Gasteiger partial charge in [-0.15, -0.1) is 0 Å². The molecule has 1 aliphatic rings. The molecule has 2 N–H and O–H groups in total. The van der Waals surface area contributed by atoms with Crippen LogP contribution in [0.4, 0.5) is 5.69 Å². The van der Waals surface area contributed by atoms with Gasteiger partial charge in [-0.25, -0.2) is 14.6 Å².